The quantitative estimate of drug-likeness (QED) is 0.725. The monoisotopic (exact) mass is 226 g/mol. The molecule has 0 aliphatic carbocycles. The summed E-state index contributed by atoms with van der Waals surface area (Å²) in [6, 6.07) is 0. The fourth-order valence-corrected chi connectivity index (χ4v) is 1.28. The first-order chi connectivity index (χ1) is 7.16. The van der Waals surface area contributed by atoms with Crippen LogP contribution in [0.25, 0.3) is 0 Å². The number of hydrogen-bond acceptors (Lipinski definition) is 4. The van der Waals surface area contributed by atoms with E-state index in [0.29, 0.717) is 6.54 Å². The zero-order chi connectivity index (χ0) is 10.8. The lowest BCUT2D eigenvalue weighted by atomic mass is 10.4. The van der Waals surface area contributed by atoms with Gasteiger partial charge in [-0.2, -0.15) is 5.10 Å². The molecule has 0 aliphatic heterocycles. The molecule has 2 aromatic rings. The lowest BCUT2D eigenvalue weighted by Gasteiger charge is -1.98. The molecule has 0 spiro atoms. The van der Waals surface area contributed by atoms with Crippen molar-refractivity contribution in [2.45, 2.75) is 18.8 Å². The summed E-state index contributed by atoms with van der Waals surface area (Å²) in [6.45, 7) is 2.41. The normalized spacial score (nSPS) is 13.0. The Morgan fingerprint density at radius 3 is 2.87 bits per heavy atom. The van der Waals surface area contributed by atoms with Crippen molar-refractivity contribution in [3.8, 4) is 0 Å². The van der Waals surface area contributed by atoms with Crippen molar-refractivity contribution in [2.24, 2.45) is 7.05 Å². The van der Waals surface area contributed by atoms with Gasteiger partial charge >= 0.3 is 0 Å². The third-order valence-corrected chi connectivity index (χ3v) is 2.30. The van der Waals surface area contributed by atoms with E-state index in [2.05, 4.69) is 20.4 Å². The number of aromatic nitrogens is 6. The minimum atomic E-state index is -0.127. The van der Waals surface area contributed by atoms with Crippen LogP contribution in [0.5, 0.6) is 0 Å². The molecule has 0 saturated heterocycles. The summed E-state index contributed by atoms with van der Waals surface area (Å²) in [6.07, 6.45) is 3.32. The molecule has 2 rings (SSSR count). The molecule has 15 heavy (non-hydrogen) atoms. The maximum Gasteiger partial charge on any atom is 0.148 e. The predicted octanol–water partition coefficient (Wildman–Crippen LogP) is 0.755. The van der Waals surface area contributed by atoms with Gasteiger partial charge in [-0.3, -0.25) is 4.68 Å². The summed E-state index contributed by atoms with van der Waals surface area (Å²) in [5.74, 6) is 0.827. The summed E-state index contributed by atoms with van der Waals surface area (Å²) >= 11 is 5.88. The predicted molar refractivity (Wildman–Crippen MR) is 54.4 cm³/mol. The highest BCUT2D eigenvalue weighted by Crippen LogP contribution is 2.15. The number of halogens is 1. The maximum absolute atomic E-state index is 5.88. The Kier molecular flexibility index (Phi) is 2.68. The minimum Gasteiger partial charge on any atom is -0.251 e. The molecule has 0 fully saturated rings. The van der Waals surface area contributed by atoms with E-state index in [0.717, 1.165) is 11.5 Å². The average molecular weight is 227 g/mol. The van der Waals surface area contributed by atoms with Gasteiger partial charge in [0.2, 0.25) is 0 Å². The Balaban J connectivity index is 2.15. The Morgan fingerprint density at radius 1 is 1.53 bits per heavy atom. The van der Waals surface area contributed by atoms with Gasteiger partial charge in [-0.1, -0.05) is 5.21 Å². The molecule has 80 valence electrons. The summed E-state index contributed by atoms with van der Waals surface area (Å²) in [5, 5.41) is 11.8. The molecule has 0 aromatic carbocycles. The molecule has 0 aliphatic rings. The second-order valence-electron chi connectivity index (χ2n) is 3.26. The summed E-state index contributed by atoms with van der Waals surface area (Å²) < 4.78 is 3.39. The van der Waals surface area contributed by atoms with Crippen LogP contribution in [0, 0.1) is 0 Å². The van der Waals surface area contributed by atoms with Crippen LogP contribution in [-0.2, 0) is 13.6 Å². The second-order valence-corrected chi connectivity index (χ2v) is 3.91. The topological polar surface area (TPSA) is 61.4 Å². The summed E-state index contributed by atoms with van der Waals surface area (Å²) in [7, 11) is 1.84. The van der Waals surface area contributed by atoms with E-state index in [1.54, 1.807) is 9.36 Å². The van der Waals surface area contributed by atoms with E-state index in [-0.39, 0.29) is 5.38 Å². The third-order valence-electron chi connectivity index (χ3n) is 2.07. The molecule has 1 unspecified atom stereocenters. The lowest BCUT2D eigenvalue weighted by Crippen LogP contribution is -2.07. The molecule has 0 radical (unpaired) electrons. The molecule has 0 bridgehead atoms. The Hall–Kier alpha value is -1.43. The Labute approximate surface area is 91.9 Å². The van der Waals surface area contributed by atoms with Gasteiger partial charge in [0.1, 0.15) is 24.4 Å². The van der Waals surface area contributed by atoms with Gasteiger partial charge < -0.3 is 0 Å². The molecule has 2 aromatic heterocycles. The summed E-state index contributed by atoms with van der Waals surface area (Å²) in [4.78, 5) is 4.10. The first-order valence-electron chi connectivity index (χ1n) is 4.54. The van der Waals surface area contributed by atoms with E-state index in [1.165, 1.54) is 6.33 Å². The van der Waals surface area contributed by atoms with Crippen LogP contribution in [0.15, 0.2) is 12.5 Å². The van der Waals surface area contributed by atoms with Crippen LogP contribution in [0.4, 0.5) is 0 Å². The van der Waals surface area contributed by atoms with Gasteiger partial charge in [0.15, 0.2) is 0 Å². The first kappa shape index (κ1) is 10.1. The SMILES string of the molecule is CC(Cl)c1cn(Cc2ncnn2C)nn1. The average Bonchev–Trinajstić information content (AvgIpc) is 2.77. The molecule has 0 N–H and O–H groups in total. The zero-order valence-electron chi connectivity index (χ0n) is 8.50. The maximum atomic E-state index is 5.88. The van der Waals surface area contributed by atoms with E-state index in [1.807, 2.05) is 20.2 Å². The minimum absolute atomic E-state index is 0.127. The molecule has 0 amide bonds. The smallest absolute Gasteiger partial charge is 0.148 e. The molecule has 6 nitrogen and oxygen atoms in total. The van der Waals surface area contributed by atoms with E-state index in [4.69, 9.17) is 11.6 Å². The van der Waals surface area contributed by atoms with Crippen molar-refractivity contribution in [1.82, 2.24) is 29.8 Å². The molecule has 2 heterocycles. The van der Waals surface area contributed by atoms with Crippen LogP contribution >= 0.6 is 11.6 Å². The van der Waals surface area contributed by atoms with Crippen molar-refractivity contribution >= 4 is 11.6 Å². The van der Waals surface area contributed by atoms with Crippen LogP contribution in [0.3, 0.4) is 0 Å². The van der Waals surface area contributed by atoms with Gasteiger partial charge in [0.25, 0.3) is 0 Å². The van der Waals surface area contributed by atoms with Gasteiger partial charge in [0, 0.05) is 7.05 Å². The van der Waals surface area contributed by atoms with Crippen LogP contribution in [0.1, 0.15) is 23.8 Å². The molecular formula is C8H11ClN6. The van der Waals surface area contributed by atoms with Gasteiger partial charge in [-0.15, -0.1) is 16.7 Å². The highest BCUT2D eigenvalue weighted by atomic mass is 35.5. The molecule has 0 saturated carbocycles. The van der Waals surface area contributed by atoms with E-state index >= 15 is 0 Å². The van der Waals surface area contributed by atoms with Crippen molar-refractivity contribution in [1.29, 1.82) is 0 Å². The van der Waals surface area contributed by atoms with E-state index < -0.39 is 0 Å². The first-order valence-corrected chi connectivity index (χ1v) is 4.97. The fraction of sp³-hybridized carbons (Fsp3) is 0.500. The highest BCUT2D eigenvalue weighted by molar-refractivity contribution is 6.20. The number of alkyl halides is 1. The largest absolute Gasteiger partial charge is 0.251 e. The zero-order valence-corrected chi connectivity index (χ0v) is 9.26. The molecule has 1 atom stereocenters. The lowest BCUT2D eigenvalue weighted by molar-refractivity contribution is 0.589. The number of rotatable bonds is 3. The number of aryl methyl sites for hydroxylation is 1. The van der Waals surface area contributed by atoms with Gasteiger partial charge in [0.05, 0.1) is 11.6 Å². The molecular weight excluding hydrogens is 216 g/mol. The summed E-state index contributed by atoms with van der Waals surface area (Å²) in [5.41, 5.74) is 0.763. The highest BCUT2D eigenvalue weighted by Gasteiger charge is 2.08. The van der Waals surface area contributed by atoms with Crippen LogP contribution < -0.4 is 0 Å². The van der Waals surface area contributed by atoms with Crippen LogP contribution in [-0.4, -0.2) is 29.8 Å². The Bertz CT molecular complexity index is 445. The van der Waals surface area contributed by atoms with Crippen molar-refractivity contribution in [3.05, 3.63) is 24.0 Å². The third kappa shape index (κ3) is 2.15. The number of nitrogens with zero attached hydrogens (tertiary/aromatic N) is 6. The van der Waals surface area contributed by atoms with Crippen molar-refractivity contribution in [2.75, 3.05) is 0 Å². The van der Waals surface area contributed by atoms with Crippen molar-refractivity contribution in [3.63, 3.8) is 0 Å². The van der Waals surface area contributed by atoms with Gasteiger partial charge in [-0.05, 0) is 6.92 Å². The molecule has 7 heteroatoms. The standard InChI is InChI=1S/C8H11ClN6/c1-6(9)7-3-15(13-12-7)4-8-10-5-11-14(8)2/h3,5-6H,4H2,1-2H3. The van der Waals surface area contributed by atoms with E-state index in [9.17, 15) is 0 Å². The fourth-order valence-electron chi connectivity index (χ4n) is 1.18. The Morgan fingerprint density at radius 2 is 2.33 bits per heavy atom. The van der Waals surface area contributed by atoms with Crippen molar-refractivity contribution < 1.29 is 0 Å². The number of hydrogen-bond donors (Lipinski definition) is 0. The second kappa shape index (κ2) is 3.98. The van der Waals surface area contributed by atoms with Gasteiger partial charge in [-0.25, -0.2) is 9.67 Å². The van der Waals surface area contributed by atoms with Crippen LogP contribution in [0.2, 0.25) is 0 Å².